The SMILES string of the molecule is C=C1C(=O)[C@@]23[C@H](O)C[C@@H]4C(C)(C)CCC[C@@]4(COC(C)=O)[C@@H]2[C@@H](O)C[C@H]1[C@H]3OC(=O)c1cccc(Cl)c1. The van der Waals surface area contributed by atoms with Crippen molar-refractivity contribution in [3.8, 4) is 0 Å². The van der Waals surface area contributed by atoms with Gasteiger partial charge in [0.25, 0.3) is 0 Å². The molecule has 1 spiro atoms. The summed E-state index contributed by atoms with van der Waals surface area (Å²) in [5, 5.41) is 23.9. The number of esters is 2. The first kappa shape index (κ1) is 26.4. The molecule has 2 bridgehead atoms. The van der Waals surface area contributed by atoms with Gasteiger partial charge in [-0.25, -0.2) is 4.79 Å². The lowest BCUT2D eigenvalue weighted by molar-refractivity contribution is -0.264. The van der Waals surface area contributed by atoms with Crippen molar-refractivity contribution in [3.05, 3.63) is 47.0 Å². The minimum absolute atomic E-state index is 0.0337. The number of ketones is 1. The van der Waals surface area contributed by atoms with Gasteiger partial charge < -0.3 is 19.7 Å². The Morgan fingerprint density at radius 3 is 2.59 bits per heavy atom. The molecule has 200 valence electrons. The third-order valence-electron chi connectivity index (χ3n) is 9.93. The van der Waals surface area contributed by atoms with Crippen LogP contribution in [0.5, 0.6) is 0 Å². The number of carbonyl (C=O) groups is 3. The van der Waals surface area contributed by atoms with Gasteiger partial charge in [-0.05, 0) is 60.8 Å². The highest BCUT2D eigenvalue weighted by Crippen LogP contribution is 2.71. The Bertz CT molecular complexity index is 1160. The molecule has 1 aromatic rings. The highest BCUT2D eigenvalue weighted by Gasteiger charge is 2.78. The molecule has 8 atom stereocenters. The molecular weight excluding hydrogens is 496 g/mol. The van der Waals surface area contributed by atoms with Crippen molar-refractivity contribution in [3.63, 3.8) is 0 Å². The van der Waals surface area contributed by atoms with Gasteiger partial charge in [-0.3, -0.25) is 9.59 Å². The lowest BCUT2D eigenvalue weighted by atomic mass is 9.39. The monoisotopic (exact) mass is 530 g/mol. The van der Waals surface area contributed by atoms with Crippen molar-refractivity contribution in [1.82, 2.24) is 0 Å². The number of rotatable bonds is 4. The second kappa shape index (κ2) is 8.92. The van der Waals surface area contributed by atoms with E-state index < -0.39 is 52.9 Å². The number of carbonyl (C=O) groups excluding carboxylic acids is 3. The molecule has 2 N–H and O–H groups in total. The highest BCUT2D eigenvalue weighted by molar-refractivity contribution is 6.30. The van der Waals surface area contributed by atoms with Gasteiger partial charge in [-0.1, -0.05) is 44.5 Å². The number of hydrogen-bond donors (Lipinski definition) is 2. The van der Waals surface area contributed by atoms with Crippen LogP contribution in [0.4, 0.5) is 0 Å². The molecule has 4 fully saturated rings. The number of aliphatic hydroxyl groups excluding tert-OH is 2. The molecular formula is C29H35ClO7. The Labute approximate surface area is 222 Å². The number of hydrogen-bond acceptors (Lipinski definition) is 7. The van der Waals surface area contributed by atoms with Crippen molar-refractivity contribution < 1.29 is 34.1 Å². The van der Waals surface area contributed by atoms with E-state index >= 15 is 0 Å². The molecule has 0 unspecified atom stereocenters. The topological polar surface area (TPSA) is 110 Å². The summed E-state index contributed by atoms with van der Waals surface area (Å²) in [5.41, 5.74) is -2.06. The fraction of sp³-hybridized carbons (Fsp3) is 0.621. The summed E-state index contributed by atoms with van der Waals surface area (Å²) in [6.07, 6.45) is -0.306. The van der Waals surface area contributed by atoms with Gasteiger partial charge in [0, 0.05) is 29.2 Å². The standard InChI is InChI=1S/C29H35ClO7/c1-15-19-12-20(32)23-28(14-36-16(2)31)10-6-9-27(3,4)21(28)13-22(33)29(23,24(15)34)25(19)37-26(35)17-7-5-8-18(30)11-17/h5,7-8,11,19-23,25,32-33H,1,6,9-10,12-14H2,2-4H3/t19-,20+,21-,22-,23+,25-,28+,29-/m1/s1. The quantitative estimate of drug-likeness (QED) is 0.445. The van der Waals surface area contributed by atoms with Crippen LogP contribution in [0, 0.1) is 34.0 Å². The molecule has 5 rings (SSSR count). The Hall–Kier alpha value is -2.22. The fourth-order valence-electron chi connectivity index (χ4n) is 8.62. The highest BCUT2D eigenvalue weighted by atomic mass is 35.5. The van der Waals surface area contributed by atoms with E-state index in [9.17, 15) is 24.6 Å². The van der Waals surface area contributed by atoms with Crippen LogP contribution in [0.1, 0.15) is 63.2 Å². The molecule has 4 saturated carbocycles. The first-order chi connectivity index (χ1) is 17.4. The van der Waals surface area contributed by atoms with Crippen LogP contribution >= 0.6 is 11.6 Å². The maximum atomic E-state index is 14.1. The lowest BCUT2D eigenvalue weighted by Crippen LogP contribution is -2.72. The molecule has 1 aromatic carbocycles. The van der Waals surface area contributed by atoms with E-state index in [4.69, 9.17) is 21.1 Å². The smallest absolute Gasteiger partial charge is 0.338 e. The average molecular weight is 531 g/mol. The predicted molar refractivity (Wildman–Crippen MR) is 136 cm³/mol. The zero-order valence-electron chi connectivity index (χ0n) is 21.5. The van der Waals surface area contributed by atoms with Crippen LogP contribution < -0.4 is 0 Å². The van der Waals surface area contributed by atoms with Crippen LogP contribution in [-0.4, -0.2) is 52.9 Å². The zero-order valence-corrected chi connectivity index (χ0v) is 22.3. The fourth-order valence-corrected chi connectivity index (χ4v) is 8.81. The Kier molecular flexibility index (Phi) is 6.36. The largest absolute Gasteiger partial charge is 0.465 e. The molecule has 0 aromatic heterocycles. The number of aliphatic hydroxyl groups is 2. The van der Waals surface area contributed by atoms with Gasteiger partial charge in [0.05, 0.1) is 24.4 Å². The van der Waals surface area contributed by atoms with Crippen LogP contribution in [0.3, 0.4) is 0 Å². The Balaban J connectivity index is 1.65. The van der Waals surface area contributed by atoms with E-state index in [-0.39, 0.29) is 47.7 Å². The summed E-state index contributed by atoms with van der Waals surface area (Å²) in [5.74, 6) is -2.95. The zero-order chi connectivity index (χ0) is 26.9. The molecule has 37 heavy (non-hydrogen) atoms. The van der Waals surface area contributed by atoms with E-state index in [2.05, 4.69) is 20.4 Å². The third kappa shape index (κ3) is 3.72. The van der Waals surface area contributed by atoms with Crippen molar-refractivity contribution in [2.24, 2.45) is 34.0 Å². The maximum Gasteiger partial charge on any atom is 0.338 e. The van der Waals surface area contributed by atoms with Gasteiger partial charge in [-0.2, -0.15) is 0 Å². The number of benzene rings is 1. The third-order valence-corrected chi connectivity index (χ3v) is 10.2. The van der Waals surface area contributed by atoms with Crippen LogP contribution in [-0.2, 0) is 19.1 Å². The first-order valence-electron chi connectivity index (χ1n) is 13.1. The van der Waals surface area contributed by atoms with Gasteiger partial charge in [0.2, 0.25) is 0 Å². The van der Waals surface area contributed by atoms with E-state index in [1.807, 2.05) is 0 Å². The predicted octanol–water partition coefficient (Wildman–Crippen LogP) is 4.13. The van der Waals surface area contributed by atoms with E-state index in [1.54, 1.807) is 18.2 Å². The van der Waals surface area contributed by atoms with Crippen molar-refractivity contribution >= 4 is 29.3 Å². The lowest BCUT2D eigenvalue weighted by Gasteiger charge is -2.66. The van der Waals surface area contributed by atoms with Gasteiger partial charge in [0.15, 0.2) is 5.78 Å². The van der Waals surface area contributed by atoms with E-state index in [0.717, 1.165) is 12.8 Å². The van der Waals surface area contributed by atoms with Gasteiger partial charge >= 0.3 is 11.9 Å². The van der Waals surface area contributed by atoms with Crippen LogP contribution in [0.2, 0.25) is 5.02 Å². The second-order valence-electron chi connectivity index (χ2n) is 12.2. The second-order valence-corrected chi connectivity index (χ2v) is 12.6. The summed E-state index contributed by atoms with van der Waals surface area (Å²) in [6, 6.07) is 6.36. The number of halogens is 1. The molecule has 0 aliphatic heterocycles. The molecule has 0 heterocycles. The normalized spacial score (nSPS) is 39.9. The van der Waals surface area contributed by atoms with Crippen LogP contribution in [0.15, 0.2) is 36.4 Å². The number of fused-ring (bicyclic) bond motifs is 3. The van der Waals surface area contributed by atoms with Crippen molar-refractivity contribution in [2.45, 2.75) is 71.2 Å². The first-order valence-corrected chi connectivity index (χ1v) is 13.4. The summed E-state index contributed by atoms with van der Waals surface area (Å²) in [7, 11) is 0. The average Bonchev–Trinajstić information content (AvgIpc) is 2.95. The molecule has 8 heteroatoms. The van der Waals surface area contributed by atoms with E-state index in [1.165, 1.54) is 13.0 Å². The molecule has 4 aliphatic carbocycles. The molecule has 0 radical (unpaired) electrons. The maximum absolute atomic E-state index is 14.1. The van der Waals surface area contributed by atoms with Crippen LogP contribution in [0.25, 0.3) is 0 Å². The minimum Gasteiger partial charge on any atom is -0.465 e. The molecule has 4 aliphatic rings. The van der Waals surface area contributed by atoms with Gasteiger partial charge in [0.1, 0.15) is 11.5 Å². The Morgan fingerprint density at radius 1 is 1.19 bits per heavy atom. The molecule has 0 amide bonds. The molecule has 0 saturated heterocycles. The number of ether oxygens (including phenoxy) is 2. The summed E-state index contributed by atoms with van der Waals surface area (Å²) in [4.78, 5) is 39.4. The van der Waals surface area contributed by atoms with Crippen molar-refractivity contribution in [1.29, 1.82) is 0 Å². The minimum atomic E-state index is -1.57. The Morgan fingerprint density at radius 2 is 1.92 bits per heavy atom. The summed E-state index contributed by atoms with van der Waals surface area (Å²) in [6.45, 7) is 9.68. The number of Topliss-reactive ketones (excluding diaryl/α,β-unsaturated/α-hetero) is 1. The molecule has 7 nitrogen and oxygen atoms in total. The van der Waals surface area contributed by atoms with E-state index in [0.29, 0.717) is 11.4 Å². The summed E-state index contributed by atoms with van der Waals surface area (Å²) < 4.78 is 11.7. The summed E-state index contributed by atoms with van der Waals surface area (Å²) >= 11 is 6.09. The van der Waals surface area contributed by atoms with Crippen molar-refractivity contribution in [2.75, 3.05) is 6.61 Å². The van der Waals surface area contributed by atoms with Gasteiger partial charge in [-0.15, -0.1) is 0 Å².